The van der Waals surface area contributed by atoms with E-state index in [1.54, 1.807) is 25.3 Å². The molecule has 1 unspecified atom stereocenters. The molecule has 1 amide bonds. The minimum atomic E-state index is -0.511. The Labute approximate surface area is 190 Å². The molecular formula is C19H16Cl3N3O2S2. The van der Waals surface area contributed by atoms with E-state index >= 15 is 0 Å². The maximum Gasteiger partial charge on any atom is 0.262 e. The molecule has 0 bridgehead atoms. The average Bonchev–Trinajstić information content (AvgIpc) is 3.24. The van der Waals surface area contributed by atoms with E-state index in [2.05, 4.69) is 10.3 Å². The second-order valence-corrected chi connectivity index (χ2v) is 10.4. The van der Waals surface area contributed by atoms with Gasteiger partial charge in [0.1, 0.15) is 4.83 Å². The summed E-state index contributed by atoms with van der Waals surface area (Å²) < 4.78 is 1.52. The average molecular weight is 489 g/mol. The molecule has 0 radical (unpaired) electrons. The lowest BCUT2D eigenvalue weighted by Gasteiger charge is -2.14. The lowest BCUT2D eigenvalue weighted by molar-refractivity contribution is -0.115. The molecule has 0 saturated carbocycles. The van der Waals surface area contributed by atoms with E-state index in [1.165, 1.54) is 33.3 Å². The third kappa shape index (κ3) is 3.91. The van der Waals surface area contributed by atoms with Crippen LogP contribution in [0.15, 0.2) is 22.1 Å². The zero-order valence-corrected chi connectivity index (χ0v) is 19.4. The zero-order valence-electron chi connectivity index (χ0n) is 15.5. The number of halogens is 3. The Morgan fingerprint density at radius 2 is 1.97 bits per heavy atom. The van der Waals surface area contributed by atoms with Crippen molar-refractivity contribution in [3.8, 4) is 0 Å². The van der Waals surface area contributed by atoms with Gasteiger partial charge in [-0.25, -0.2) is 4.98 Å². The first-order valence-electron chi connectivity index (χ1n) is 8.89. The van der Waals surface area contributed by atoms with E-state index in [-0.39, 0.29) is 11.5 Å². The largest absolute Gasteiger partial charge is 0.324 e. The lowest BCUT2D eigenvalue weighted by Crippen LogP contribution is -2.25. The molecule has 0 spiro atoms. The summed E-state index contributed by atoms with van der Waals surface area (Å²) in [5.74, 6) is -0.279. The van der Waals surface area contributed by atoms with E-state index in [9.17, 15) is 9.59 Å². The number of aryl methyl sites for hydroxylation is 2. The molecule has 2 heterocycles. The van der Waals surface area contributed by atoms with Crippen LogP contribution >= 0.6 is 57.9 Å². The molecule has 1 N–H and O–H groups in total. The van der Waals surface area contributed by atoms with Crippen molar-refractivity contribution in [3.05, 3.63) is 48.0 Å². The van der Waals surface area contributed by atoms with Crippen LogP contribution < -0.4 is 10.9 Å². The highest BCUT2D eigenvalue weighted by Crippen LogP contribution is 2.36. The second kappa shape index (κ2) is 8.12. The molecule has 5 nitrogen and oxygen atoms in total. The molecule has 1 aromatic carbocycles. The van der Waals surface area contributed by atoms with E-state index < -0.39 is 5.25 Å². The predicted octanol–water partition coefficient (Wildman–Crippen LogP) is 5.56. The Kier molecular flexibility index (Phi) is 5.88. The number of carbonyl (C=O) groups excluding carboxylic acids is 1. The number of hydrogen-bond acceptors (Lipinski definition) is 5. The van der Waals surface area contributed by atoms with Gasteiger partial charge in [0.05, 0.1) is 31.4 Å². The normalized spacial score (nSPS) is 14.2. The molecule has 29 heavy (non-hydrogen) atoms. The fourth-order valence-electron chi connectivity index (χ4n) is 3.28. The smallest absolute Gasteiger partial charge is 0.262 e. The highest BCUT2D eigenvalue weighted by molar-refractivity contribution is 8.00. The SMILES string of the molecule is CC(Sc1nc2sc3c(c2c(=O)n1C)CCC3)C(=O)Nc1cc(Cl)c(Cl)cc1Cl. The third-order valence-electron chi connectivity index (χ3n) is 4.82. The fraction of sp³-hybridized carbons (Fsp3) is 0.316. The van der Waals surface area contributed by atoms with Crippen molar-refractivity contribution in [2.75, 3.05) is 5.32 Å². The van der Waals surface area contributed by atoms with Crippen molar-refractivity contribution in [3.63, 3.8) is 0 Å². The summed E-state index contributed by atoms with van der Waals surface area (Å²) in [5, 5.41) is 4.38. The number of thioether (sulfide) groups is 1. The van der Waals surface area contributed by atoms with Gasteiger partial charge >= 0.3 is 0 Å². The summed E-state index contributed by atoms with van der Waals surface area (Å²) in [4.78, 5) is 32.2. The number of nitrogens with zero attached hydrogens (tertiary/aromatic N) is 2. The van der Waals surface area contributed by atoms with Gasteiger partial charge in [-0.3, -0.25) is 14.2 Å². The molecule has 1 atom stereocenters. The van der Waals surface area contributed by atoms with Crippen LogP contribution in [-0.4, -0.2) is 20.7 Å². The summed E-state index contributed by atoms with van der Waals surface area (Å²) in [5.41, 5.74) is 1.47. The molecule has 0 saturated heterocycles. The van der Waals surface area contributed by atoms with Crippen LogP contribution in [0.25, 0.3) is 10.2 Å². The van der Waals surface area contributed by atoms with Crippen molar-refractivity contribution in [1.29, 1.82) is 0 Å². The van der Waals surface area contributed by atoms with Gasteiger partial charge < -0.3 is 5.32 Å². The van der Waals surface area contributed by atoms with Crippen molar-refractivity contribution < 1.29 is 4.79 Å². The van der Waals surface area contributed by atoms with Crippen molar-refractivity contribution in [1.82, 2.24) is 9.55 Å². The fourth-order valence-corrected chi connectivity index (χ4v) is 6.05. The van der Waals surface area contributed by atoms with Crippen LogP contribution in [0.1, 0.15) is 23.8 Å². The first-order valence-corrected chi connectivity index (χ1v) is 11.7. The van der Waals surface area contributed by atoms with Gasteiger partial charge in [-0.15, -0.1) is 11.3 Å². The van der Waals surface area contributed by atoms with Crippen molar-refractivity contribution in [2.45, 2.75) is 36.6 Å². The molecule has 4 rings (SSSR count). The van der Waals surface area contributed by atoms with Gasteiger partial charge in [0.15, 0.2) is 5.16 Å². The van der Waals surface area contributed by atoms with Crippen LogP contribution in [0.4, 0.5) is 5.69 Å². The Balaban J connectivity index is 1.58. The third-order valence-corrected chi connectivity index (χ3v) is 8.19. The maximum absolute atomic E-state index is 12.9. The summed E-state index contributed by atoms with van der Waals surface area (Å²) in [6, 6.07) is 2.99. The highest BCUT2D eigenvalue weighted by Gasteiger charge is 2.24. The van der Waals surface area contributed by atoms with Crippen LogP contribution in [0.3, 0.4) is 0 Å². The molecule has 1 aliphatic carbocycles. The summed E-state index contributed by atoms with van der Waals surface area (Å²) in [7, 11) is 1.69. The van der Waals surface area contributed by atoms with Crippen LogP contribution in [0.5, 0.6) is 0 Å². The number of fused-ring (bicyclic) bond motifs is 3. The zero-order chi connectivity index (χ0) is 20.9. The second-order valence-electron chi connectivity index (χ2n) is 6.79. The van der Waals surface area contributed by atoms with E-state index in [4.69, 9.17) is 34.8 Å². The number of thiophene rings is 1. The maximum atomic E-state index is 12.9. The number of rotatable bonds is 4. The molecule has 10 heteroatoms. The monoisotopic (exact) mass is 487 g/mol. The van der Waals surface area contributed by atoms with Crippen molar-refractivity contribution in [2.24, 2.45) is 7.05 Å². The van der Waals surface area contributed by atoms with E-state index in [0.29, 0.717) is 25.9 Å². The minimum Gasteiger partial charge on any atom is -0.324 e. The van der Waals surface area contributed by atoms with Gasteiger partial charge in [0.2, 0.25) is 5.91 Å². The number of anilines is 1. The summed E-state index contributed by atoms with van der Waals surface area (Å²) >= 11 is 20.9. The topological polar surface area (TPSA) is 64.0 Å². The Morgan fingerprint density at radius 1 is 1.24 bits per heavy atom. The van der Waals surface area contributed by atoms with Gasteiger partial charge in [-0.2, -0.15) is 0 Å². The van der Waals surface area contributed by atoms with Gasteiger partial charge in [0, 0.05) is 11.9 Å². The summed E-state index contributed by atoms with van der Waals surface area (Å²) in [6.07, 6.45) is 3.03. The highest BCUT2D eigenvalue weighted by atomic mass is 35.5. The van der Waals surface area contributed by atoms with Crippen LogP contribution in [0.2, 0.25) is 15.1 Å². The summed E-state index contributed by atoms with van der Waals surface area (Å²) in [6.45, 7) is 1.75. The first kappa shape index (κ1) is 21.0. The molecule has 2 aromatic heterocycles. The first-order chi connectivity index (χ1) is 13.8. The molecule has 152 valence electrons. The molecule has 0 fully saturated rings. The van der Waals surface area contributed by atoms with Gasteiger partial charge in [0.25, 0.3) is 5.56 Å². The Hall–Kier alpha value is -1.25. The molecule has 3 aromatic rings. The minimum absolute atomic E-state index is 0.0583. The van der Waals surface area contributed by atoms with E-state index in [0.717, 1.165) is 35.0 Å². The van der Waals surface area contributed by atoms with Crippen molar-refractivity contribution >= 4 is 79.7 Å². The van der Waals surface area contributed by atoms with Gasteiger partial charge in [-0.05, 0) is 43.9 Å². The number of aromatic nitrogens is 2. The lowest BCUT2D eigenvalue weighted by atomic mass is 10.2. The Bertz CT molecular complexity index is 1210. The quantitative estimate of drug-likeness (QED) is 0.296. The standard InChI is InChI=1S/C19H16Cl3N3O2S2/c1-8(16(26)23-13-7-11(21)10(20)6-12(13)22)28-19-24-17-15(18(27)25(19)2)9-4-3-5-14(9)29-17/h6-8H,3-5H2,1-2H3,(H,23,26). The number of benzene rings is 1. The Morgan fingerprint density at radius 3 is 2.72 bits per heavy atom. The van der Waals surface area contributed by atoms with E-state index in [1.807, 2.05) is 0 Å². The number of hydrogen-bond donors (Lipinski definition) is 1. The predicted molar refractivity (Wildman–Crippen MR) is 122 cm³/mol. The number of nitrogens with one attached hydrogen (secondary N) is 1. The van der Waals surface area contributed by atoms with Gasteiger partial charge in [-0.1, -0.05) is 46.6 Å². The molecular weight excluding hydrogens is 473 g/mol. The number of amides is 1. The van der Waals surface area contributed by atoms with Crippen LogP contribution in [0, 0.1) is 0 Å². The number of carbonyl (C=O) groups is 1. The molecule has 1 aliphatic rings. The van der Waals surface area contributed by atoms with Crippen LogP contribution in [-0.2, 0) is 24.7 Å². The molecule has 0 aliphatic heterocycles.